The first-order valence-electron chi connectivity index (χ1n) is 8.37. The number of nitro groups is 1. The Labute approximate surface area is 145 Å². The Kier molecular flexibility index (Phi) is 5.17. The summed E-state index contributed by atoms with van der Waals surface area (Å²) in [7, 11) is 0. The highest BCUT2D eigenvalue weighted by Gasteiger charge is 2.33. The summed E-state index contributed by atoms with van der Waals surface area (Å²) in [5.41, 5.74) is 0. The van der Waals surface area contributed by atoms with Gasteiger partial charge in [-0.3, -0.25) is 19.8 Å². The summed E-state index contributed by atoms with van der Waals surface area (Å²) in [6.07, 6.45) is 2.39. The third kappa shape index (κ3) is 3.76. The minimum absolute atomic E-state index is 0.0184. The Morgan fingerprint density at radius 1 is 1.38 bits per heavy atom. The van der Waals surface area contributed by atoms with Crippen molar-refractivity contribution in [1.29, 1.82) is 0 Å². The molecule has 1 aromatic heterocycles. The molecule has 1 aromatic rings. The van der Waals surface area contributed by atoms with Crippen LogP contribution in [0.4, 0.5) is 5.00 Å². The monoisotopic (exact) mass is 353 g/mol. The van der Waals surface area contributed by atoms with Gasteiger partial charge in [0.15, 0.2) is 0 Å². The van der Waals surface area contributed by atoms with Crippen LogP contribution in [0.1, 0.15) is 36.4 Å². The maximum absolute atomic E-state index is 12.7. The molecule has 0 spiro atoms. The predicted molar refractivity (Wildman–Crippen MR) is 91.5 cm³/mol. The molecular weight excluding hydrogens is 330 g/mol. The van der Waals surface area contributed by atoms with Gasteiger partial charge in [0.2, 0.25) is 0 Å². The van der Waals surface area contributed by atoms with E-state index in [1.807, 2.05) is 4.90 Å². The van der Waals surface area contributed by atoms with E-state index in [-0.39, 0.29) is 29.2 Å². The molecule has 2 aliphatic rings. The molecule has 3 atom stereocenters. The van der Waals surface area contributed by atoms with E-state index in [1.165, 1.54) is 6.07 Å². The van der Waals surface area contributed by atoms with Crippen LogP contribution in [0.5, 0.6) is 0 Å². The minimum Gasteiger partial charge on any atom is -0.373 e. The number of ether oxygens (including phenoxy) is 1. The van der Waals surface area contributed by atoms with Crippen LogP contribution in [-0.2, 0) is 4.74 Å². The largest absolute Gasteiger partial charge is 0.373 e. The predicted octanol–water partition coefficient (Wildman–Crippen LogP) is 2.37. The van der Waals surface area contributed by atoms with E-state index in [4.69, 9.17) is 4.74 Å². The van der Waals surface area contributed by atoms with Crippen LogP contribution >= 0.6 is 11.3 Å². The molecule has 3 heterocycles. The third-order valence-electron chi connectivity index (χ3n) is 4.58. The first kappa shape index (κ1) is 17.3. The molecule has 132 valence electrons. The first-order valence-corrected chi connectivity index (χ1v) is 9.18. The maximum Gasteiger partial charge on any atom is 0.324 e. The Bertz CT molecular complexity index is 610. The lowest BCUT2D eigenvalue weighted by atomic mass is 10.1. The molecule has 0 N–H and O–H groups in total. The van der Waals surface area contributed by atoms with Crippen molar-refractivity contribution in [2.75, 3.05) is 26.2 Å². The van der Waals surface area contributed by atoms with Gasteiger partial charge in [-0.25, -0.2) is 0 Å². The lowest BCUT2D eigenvalue weighted by Gasteiger charge is -2.38. The molecule has 2 saturated heterocycles. The summed E-state index contributed by atoms with van der Waals surface area (Å²) in [6.45, 7) is 7.48. The summed E-state index contributed by atoms with van der Waals surface area (Å²) in [4.78, 5) is 27.8. The van der Waals surface area contributed by atoms with Crippen molar-refractivity contribution >= 4 is 22.2 Å². The van der Waals surface area contributed by atoms with Crippen LogP contribution in [0.3, 0.4) is 0 Å². The molecular formula is C16H23N3O4S. The second-order valence-electron chi connectivity index (χ2n) is 6.67. The van der Waals surface area contributed by atoms with E-state index in [9.17, 15) is 14.9 Å². The SMILES string of the molecule is CC1CN(CC2CCCN2C(=O)c2ccc([N+](=O)[O-])s2)CC(C)O1. The quantitative estimate of drug-likeness (QED) is 0.613. The Hall–Kier alpha value is -1.51. The number of likely N-dealkylation sites (tertiary alicyclic amines) is 1. The van der Waals surface area contributed by atoms with E-state index in [2.05, 4.69) is 18.7 Å². The fourth-order valence-electron chi connectivity index (χ4n) is 3.71. The van der Waals surface area contributed by atoms with Gasteiger partial charge in [0, 0.05) is 38.3 Å². The number of carbonyl (C=O) groups is 1. The van der Waals surface area contributed by atoms with Crippen molar-refractivity contribution in [2.24, 2.45) is 0 Å². The van der Waals surface area contributed by atoms with E-state index in [0.717, 1.165) is 50.4 Å². The molecule has 0 aliphatic carbocycles. The summed E-state index contributed by atoms with van der Waals surface area (Å²) in [6, 6.07) is 3.16. The van der Waals surface area contributed by atoms with Crippen molar-refractivity contribution in [2.45, 2.75) is 44.9 Å². The maximum atomic E-state index is 12.7. The molecule has 0 aromatic carbocycles. The number of nitrogens with zero attached hydrogens (tertiary/aromatic N) is 3. The Morgan fingerprint density at radius 3 is 2.71 bits per heavy atom. The van der Waals surface area contributed by atoms with Crippen molar-refractivity contribution in [3.63, 3.8) is 0 Å². The molecule has 0 radical (unpaired) electrons. The van der Waals surface area contributed by atoms with Crippen LogP contribution in [0.25, 0.3) is 0 Å². The minimum atomic E-state index is -0.445. The lowest BCUT2D eigenvalue weighted by Crippen LogP contribution is -2.50. The fraction of sp³-hybridized carbons (Fsp3) is 0.688. The zero-order valence-electron chi connectivity index (χ0n) is 14.0. The third-order valence-corrected chi connectivity index (χ3v) is 5.61. The van der Waals surface area contributed by atoms with Gasteiger partial charge >= 0.3 is 5.00 Å². The number of morpholine rings is 1. The van der Waals surface area contributed by atoms with E-state index in [0.29, 0.717) is 4.88 Å². The number of rotatable bonds is 4. The number of hydrogen-bond acceptors (Lipinski definition) is 6. The summed E-state index contributed by atoms with van der Waals surface area (Å²) >= 11 is 0.961. The highest BCUT2D eigenvalue weighted by molar-refractivity contribution is 7.17. The van der Waals surface area contributed by atoms with Gasteiger partial charge in [-0.15, -0.1) is 0 Å². The molecule has 3 unspecified atom stereocenters. The molecule has 1 amide bonds. The number of thiophene rings is 1. The van der Waals surface area contributed by atoms with Gasteiger partial charge < -0.3 is 9.64 Å². The van der Waals surface area contributed by atoms with Gasteiger partial charge in [0.25, 0.3) is 5.91 Å². The van der Waals surface area contributed by atoms with Gasteiger partial charge in [-0.2, -0.15) is 0 Å². The van der Waals surface area contributed by atoms with Crippen LogP contribution in [-0.4, -0.2) is 65.1 Å². The zero-order chi connectivity index (χ0) is 17.3. The summed E-state index contributed by atoms with van der Waals surface area (Å²) in [5, 5.41) is 10.8. The highest BCUT2D eigenvalue weighted by atomic mass is 32.1. The van der Waals surface area contributed by atoms with Crippen LogP contribution < -0.4 is 0 Å². The van der Waals surface area contributed by atoms with E-state index in [1.54, 1.807) is 6.07 Å². The second-order valence-corrected chi connectivity index (χ2v) is 7.73. The molecule has 3 rings (SSSR count). The Balaban J connectivity index is 1.66. The smallest absolute Gasteiger partial charge is 0.324 e. The molecule has 24 heavy (non-hydrogen) atoms. The van der Waals surface area contributed by atoms with Gasteiger partial charge in [-0.05, 0) is 32.8 Å². The topological polar surface area (TPSA) is 75.9 Å². The molecule has 7 nitrogen and oxygen atoms in total. The number of carbonyl (C=O) groups excluding carboxylic acids is 1. The molecule has 0 saturated carbocycles. The molecule has 8 heteroatoms. The highest BCUT2D eigenvalue weighted by Crippen LogP contribution is 2.28. The summed E-state index contributed by atoms with van der Waals surface area (Å²) in [5.74, 6) is -0.0787. The summed E-state index contributed by atoms with van der Waals surface area (Å²) < 4.78 is 5.77. The molecule has 2 aliphatic heterocycles. The molecule has 2 fully saturated rings. The van der Waals surface area contributed by atoms with Crippen molar-refractivity contribution in [1.82, 2.24) is 9.80 Å². The number of amides is 1. The zero-order valence-corrected chi connectivity index (χ0v) is 14.8. The van der Waals surface area contributed by atoms with Gasteiger partial charge in [-0.1, -0.05) is 11.3 Å². The van der Waals surface area contributed by atoms with Crippen LogP contribution in [0.2, 0.25) is 0 Å². The molecule has 0 bridgehead atoms. The fourth-order valence-corrected chi connectivity index (χ4v) is 4.48. The van der Waals surface area contributed by atoms with E-state index < -0.39 is 4.92 Å². The van der Waals surface area contributed by atoms with Crippen molar-refractivity contribution in [3.05, 3.63) is 27.1 Å². The van der Waals surface area contributed by atoms with Gasteiger partial charge in [0.05, 0.1) is 22.0 Å². The lowest BCUT2D eigenvalue weighted by molar-refractivity contribution is -0.380. The average Bonchev–Trinajstić information content (AvgIpc) is 3.14. The first-order chi connectivity index (χ1) is 11.4. The standard InChI is InChI=1S/C16H23N3O4S/c1-11-8-17(9-12(2)23-11)10-13-4-3-7-18(13)16(20)14-5-6-15(24-14)19(21)22/h5-6,11-13H,3-4,7-10H2,1-2H3. The van der Waals surface area contributed by atoms with Crippen molar-refractivity contribution < 1.29 is 14.5 Å². The Morgan fingerprint density at radius 2 is 2.08 bits per heavy atom. The van der Waals surface area contributed by atoms with E-state index >= 15 is 0 Å². The van der Waals surface area contributed by atoms with Crippen LogP contribution in [0, 0.1) is 10.1 Å². The average molecular weight is 353 g/mol. The van der Waals surface area contributed by atoms with Gasteiger partial charge in [0.1, 0.15) is 0 Å². The normalized spacial score (nSPS) is 28.2. The number of hydrogen-bond donors (Lipinski definition) is 0. The second kappa shape index (κ2) is 7.16. The van der Waals surface area contributed by atoms with Crippen molar-refractivity contribution in [3.8, 4) is 0 Å². The van der Waals surface area contributed by atoms with Crippen LogP contribution in [0.15, 0.2) is 12.1 Å².